The Hall–Kier alpha value is -1.13. The van der Waals surface area contributed by atoms with E-state index in [4.69, 9.17) is 11.7 Å². The van der Waals surface area contributed by atoms with Gasteiger partial charge in [-0.2, -0.15) is 5.26 Å². The van der Waals surface area contributed by atoms with Crippen LogP contribution in [-0.2, 0) is 0 Å². The van der Waals surface area contributed by atoms with Crippen molar-refractivity contribution in [2.45, 2.75) is 19.4 Å². The van der Waals surface area contributed by atoms with Crippen molar-refractivity contribution in [3.8, 4) is 18.5 Å². The zero-order valence-electron chi connectivity index (χ0n) is 7.16. The quantitative estimate of drug-likeness (QED) is 0.229. The van der Waals surface area contributed by atoms with Crippen molar-refractivity contribution in [2.75, 3.05) is 6.26 Å². The van der Waals surface area contributed by atoms with Gasteiger partial charge < -0.3 is 0 Å². The summed E-state index contributed by atoms with van der Waals surface area (Å²) in [6, 6.07) is -0.131. The highest BCUT2D eigenvalue weighted by Crippen LogP contribution is 2.01. The third-order valence-electron chi connectivity index (χ3n) is 1.21. The van der Waals surface area contributed by atoms with Gasteiger partial charge >= 0.3 is 0 Å². The highest BCUT2D eigenvalue weighted by molar-refractivity contribution is 8.13. The minimum Gasteiger partial charge on any atom is -0.272 e. The molecule has 1 unspecified atom stereocenters. The first-order chi connectivity index (χ1) is 5.78. The maximum absolute atomic E-state index is 8.32. The summed E-state index contributed by atoms with van der Waals surface area (Å²) in [7, 11) is 0. The number of nitriles is 1. The molecule has 3 nitrogen and oxygen atoms in total. The maximum Gasteiger partial charge on any atom is 0.183 e. The SMILES string of the molecule is C#CC(CC)N=C(NC#N)SC. The molecular weight excluding hydrogens is 170 g/mol. The van der Waals surface area contributed by atoms with Crippen LogP contribution in [0.3, 0.4) is 0 Å². The Bertz CT molecular complexity index is 234. The number of hydrogen-bond donors (Lipinski definition) is 1. The molecule has 0 radical (unpaired) electrons. The molecular formula is C8H11N3S. The molecule has 0 aromatic carbocycles. The van der Waals surface area contributed by atoms with Crippen molar-refractivity contribution < 1.29 is 0 Å². The Kier molecular flexibility index (Phi) is 5.95. The van der Waals surface area contributed by atoms with Crippen LogP contribution >= 0.6 is 11.8 Å². The molecule has 12 heavy (non-hydrogen) atoms. The van der Waals surface area contributed by atoms with Gasteiger partial charge in [0.05, 0.1) is 0 Å². The Labute approximate surface area is 77.3 Å². The van der Waals surface area contributed by atoms with Crippen molar-refractivity contribution in [2.24, 2.45) is 4.99 Å². The topological polar surface area (TPSA) is 48.2 Å². The molecule has 0 rings (SSSR count). The molecule has 0 heterocycles. The number of thioether (sulfide) groups is 1. The third kappa shape index (κ3) is 3.90. The number of hydrogen-bond acceptors (Lipinski definition) is 3. The lowest BCUT2D eigenvalue weighted by molar-refractivity contribution is 0.807. The predicted octanol–water partition coefficient (Wildman–Crippen LogP) is 1.19. The van der Waals surface area contributed by atoms with E-state index >= 15 is 0 Å². The molecule has 0 saturated carbocycles. The summed E-state index contributed by atoms with van der Waals surface area (Å²) < 4.78 is 0. The van der Waals surface area contributed by atoms with Crippen molar-refractivity contribution >= 4 is 16.9 Å². The Morgan fingerprint density at radius 3 is 2.83 bits per heavy atom. The summed E-state index contributed by atoms with van der Waals surface area (Å²) in [5.41, 5.74) is 0. The largest absolute Gasteiger partial charge is 0.272 e. The average Bonchev–Trinajstić information content (AvgIpc) is 2.12. The Balaban J connectivity index is 4.28. The van der Waals surface area contributed by atoms with Crippen LogP contribution in [0.25, 0.3) is 0 Å². The standard InChI is InChI=1S/C8H11N3S/c1-4-7(5-2)11-8(12-3)10-6-9/h1,7H,5H2,2-3H3,(H,10,11). The van der Waals surface area contributed by atoms with E-state index in [1.165, 1.54) is 11.8 Å². The van der Waals surface area contributed by atoms with Crippen LogP contribution in [0.15, 0.2) is 4.99 Å². The summed E-state index contributed by atoms with van der Waals surface area (Å²) >= 11 is 1.37. The molecule has 0 bridgehead atoms. The Morgan fingerprint density at radius 2 is 2.50 bits per heavy atom. The van der Waals surface area contributed by atoms with Crippen LogP contribution in [0, 0.1) is 23.8 Å². The second kappa shape index (κ2) is 6.57. The first-order valence-corrected chi connectivity index (χ1v) is 4.74. The second-order valence-electron chi connectivity index (χ2n) is 1.97. The number of aliphatic imine (C=N–C) groups is 1. The molecule has 0 aliphatic heterocycles. The average molecular weight is 181 g/mol. The molecule has 0 aromatic heterocycles. The van der Waals surface area contributed by atoms with Gasteiger partial charge in [-0.25, -0.2) is 4.99 Å². The molecule has 0 amide bonds. The summed E-state index contributed by atoms with van der Waals surface area (Å²) in [6.45, 7) is 1.96. The first-order valence-electron chi connectivity index (χ1n) is 3.51. The number of terminal acetylenes is 1. The number of amidine groups is 1. The zero-order valence-corrected chi connectivity index (χ0v) is 7.98. The van der Waals surface area contributed by atoms with Gasteiger partial charge in [0.2, 0.25) is 0 Å². The first kappa shape index (κ1) is 10.9. The fourth-order valence-electron chi connectivity index (χ4n) is 0.572. The summed E-state index contributed by atoms with van der Waals surface area (Å²) in [6.07, 6.45) is 9.63. The second-order valence-corrected chi connectivity index (χ2v) is 2.76. The van der Waals surface area contributed by atoms with Crippen LogP contribution in [-0.4, -0.2) is 17.5 Å². The van der Waals surface area contributed by atoms with Gasteiger partial charge in [-0.1, -0.05) is 24.6 Å². The predicted molar refractivity (Wildman–Crippen MR) is 52.6 cm³/mol. The van der Waals surface area contributed by atoms with Crippen molar-refractivity contribution in [1.29, 1.82) is 5.26 Å². The molecule has 4 heteroatoms. The molecule has 0 aromatic rings. The maximum atomic E-state index is 8.32. The van der Waals surface area contributed by atoms with Gasteiger partial charge in [0, 0.05) is 0 Å². The molecule has 1 N–H and O–H groups in total. The number of rotatable bonds is 2. The van der Waals surface area contributed by atoms with Gasteiger partial charge in [0.1, 0.15) is 6.04 Å². The normalized spacial score (nSPS) is 12.8. The van der Waals surface area contributed by atoms with E-state index in [0.717, 1.165) is 6.42 Å². The molecule has 0 spiro atoms. The lowest BCUT2D eigenvalue weighted by Gasteiger charge is -2.03. The third-order valence-corrected chi connectivity index (χ3v) is 1.80. The van der Waals surface area contributed by atoms with Crippen molar-refractivity contribution in [3.63, 3.8) is 0 Å². The zero-order chi connectivity index (χ0) is 9.40. The van der Waals surface area contributed by atoms with Gasteiger partial charge in [-0.15, -0.1) is 6.42 Å². The molecule has 0 saturated heterocycles. The summed E-state index contributed by atoms with van der Waals surface area (Å²) in [5, 5.41) is 11.3. The van der Waals surface area contributed by atoms with Crippen LogP contribution in [0.5, 0.6) is 0 Å². The van der Waals surface area contributed by atoms with E-state index < -0.39 is 0 Å². The number of nitrogens with zero attached hydrogens (tertiary/aromatic N) is 2. The lowest BCUT2D eigenvalue weighted by atomic mass is 10.2. The Morgan fingerprint density at radius 1 is 1.83 bits per heavy atom. The van der Waals surface area contributed by atoms with Crippen LogP contribution in [0.2, 0.25) is 0 Å². The molecule has 0 aliphatic rings. The van der Waals surface area contributed by atoms with E-state index in [2.05, 4.69) is 16.2 Å². The minimum absolute atomic E-state index is 0.131. The molecule has 0 aliphatic carbocycles. The van der Waals surface area contributed by atoms with Gasteiger partial charge in [0.25, 0.3) is 0 Å². The van der Waals surface area contributed by atoms with E-state index in [9.17, 15) is 0 Å². The van der Waals surface area contributed by atoms with Crippen molar-refractivity contribution in [1.82, 2.24) is 5.32 Å². The van der Waals surface area contributed by atoms with E-state index in [-0.39, 0.29) is 6.04 Å². The van der Waals surface area contributed by atoms with Gasteiger partial charge in [-0.3, -0.25) is 5.32 Å². The summed E-state index contributed by atoms with van der Waals surface area (Å²) in [5.74, 6) is 2.52. The fraction of sp³-hybridized carbons (Fsp3) is 0.500. The van der Waals surface area contributed by atoms with E-state index in [0.29, 0.717) is 5.17 Å². The number of nitrogens with one attached hydrogen (secondary N) is 1. The van der Waals surface area contributed by atoms with Crippen LogP contribution in [0.4, 0.5) is 0 Å². The minimum atomic E-state index is -0.131. The van der Waals surface area contributed by atoms with E-state index in [1.54, 1.807) is 6.19 Å². The van der Waals surface area contributed by atoms with Crippen LogP contribution < -0.4 is 5.32 Å². The highest BCUT2D eigenvalue weighted by atomic mass is 32.2. The van der Waals surface area contributed by atoms with Crippen molar-refractivity contribution in [3.05, 3.63) is 0 Å². The fourth-order valence-corrected chi connectivity index (χ4v) is 0.952. The van der Waals surface area contributed by atoms with Crippen LogP contribution in [0.1, 0.15) is 13.3 Å². The monoisotopic (exact) mass is 181 g/mol. The van der Waals surface area contributed by atoms with E-state index in [1.807, 2.05) is 13.2 Å². The molecule has 64 valence electrons. The smallest absolute Gasteiger partial charge is 0.183 e. The highest BCUT2D eigenvalue weighted by Gasteiger charge is 2.00. The summed E-state index contributed by atoms with van der Waals surface area (Å²) in [4.78, 5) is 4.13. The molecule has 1 atom stereocenters. The van der Waals surface area contributed by atoms with Gasteiger partial charge in [0.15, 0.2) is 11.4 Å². The van der Waals surface area contributed by atoms with Gasteiger partial charge in [-0.05, 0) is 12.7 Å². The molecule has 0 fully saturated rings. The lowest BCUT2D eigenvalue weighted by Crippen LogP contribution is -2.16.